The second-order valence-corrected chi connectivity index (χ2v) is 11.8. The number of rotatable bonds is 9. The van der Waals surface area contributed by atoms with E-state index in [2.05, 4.69) is 4.98 Å². The van der Waals surface area contributed by atoms with Crippen LogP contribution < -0.4 is 0 Å². The summed E-state index contributed by atoms with van der Waals surface area (Å²) in [5, 5.41) is 37.8. The summed E-state index contributed by atoms with van der Waals surface area (Å²) in [6, 6.07) is 35.5. The third-order valence-electron chi connectivity index (χ3n) is 8.67. The van der Waals surface area contributed by atoms with Gasteiger partial charge >= 0.3 is 23.9 Å². The van der Waals surface area contributed by atoms with E-state index in [1.807, 2.05) is 30.3 Å². The monoisotopic (exact) mass is 674 g/mol. The van der Waals surface area contributed by atoms with Crippen LogP contribution in [-0.4, -0.2) is 54.3 Å². The highest BCUT2D eigenvalue weighted by atomic mass is 16.4. The molecule has 0 bridgehead atoms. The molecule has 0 fully saturated rings. The number of aromatic nitrogens is 2. The van der Waals surface area contributed by atoms with Crippen LogP contribution in [0.15, 0.2) is 127 Å². The third kappa shape index (κ3) is 6.32. The molecule has 7 aromatic rings. The topological polar surface area (TPSA) is 178 Å². The van der Waals surface area contributed by atoms with E-state index in [1.165, 1.54) is 48.5 Å². The minimum absolute atomic E-state index is 0.143. The first-order valence-corrected chi connectivity index (χ1v) is 15.6. The summed E-state index contributed by atoms with van der Waals surface area (Å²) in [6.45, 7) is 0. The summed E-state index contributed by atoms with van der Waals surface area (Å²) < 4.78 is 0. The molecule has 0 amide bonds. The first kappa shape index (κ1) is 32.2. The number of hydrogen-bond acceptors (Lipinski definition) is 5. The fourth-order valence-corrected chi connectivity index (χ4v) is 6.00. The molecule has 7 rings (SSSR count). The lowest BCUT2D eigenvalue weighted by Gasteiger charge is -2.10. The van der Waals surface area contributed by atoms with Crippen molar-refractivity contribution in [3.05, 3.63) is 150 Å². The van der Waals surface area contributed by atoms with Crippen LogP contribution in [0, 0.1) is 0 Å². The van der Waals surface area contributed by atoms with Crippen LogP contribution in [-0.2, 0) is 0 Å². The number of H-pyrrole nitrogens is 1. The van der Waals surface area contributed by atoms with Gasteiger partial charge in [-0.25, -0.2) is 24.2 Å². The predicted octanol–water partition coefficient (Wildman–Crippen LogP) is 8.69. The molecular formula is C41H26N2O8. The molecule has 0 aliphatic rings. The molecule has 6 aromatic carbocycles. The Balaban J connectivity index is 1.44. The molecule has 0 aliphatic heterocycles. The molecule has 0 aliphatic carbocycles. The molecule has 1 aromatic heterocycles. The number of nitrogens with zero attached hydrogens (tertiary/aromatic N) is 1. The lowest BCUT2D eigenvalue weighted by Crippen LogP contribution is -1.96. The molecule has 0 saturated carbocycles. The van der Waals surface area contributed by atoms with Gasteiger partial charge in [0.1, 0.15) is 5.82 Å². The molecule has 51 heavy (non-hydrogen) atoms. The Morgan fingerprint density at radius 2 is 0.725 bits per heavy atom. The Morgan fingerprint density at radius 1 is 0.392 bits per heavy atom. The number of carboxylic acids is 4. The standard InChI is InChI=1S/C41H26N2O8/c44-38(45)26-9-1-22(2-10-26)30-19-31(23-3-11-27(12-4-23)39(46)47)21-32(20-30)37-42-35-33(24-5-13-28(14-6-24)40(48)49)17-18-34(36(35)43-37)25-7-15-29(16-8-25)41(50)51/h1-21H,(H,42,43)(H,44,45)(H,46,47)(H,48,49)(H,50,51). The molecule has 10 heteroatoms. The van der Waals surface area contributed by atoms with E-state index in [4.69, 9.17) is 4.98 Å². The Labute approximate surface area is 289 Å². The van der Waals surface area contributed by atoms with Crippen molar-refractivity contribution in [2.75, 3.05) is 0 Å². The fourth-order valence-electron chi connectivity index (χ4n) is 6.00. The zero-order valence-electron chi connectivity index (χ0n) is 26.5. The van der Waals surface area contributed by atoms with Crippen LogP contribution >= 0.6 is 0 Å². The highest BCUT2D eigenvalue weighted by Gasteiger charge is 2.18. The molecule has 0 unspecified atom stereocenters. The number of aromatic carboxylic acids is 4. The van der Waals surface area contributed by atoms with E-state index in [1.54, 1.807) is 48.5 Å². The van der Waals surface area contributed by atoms with E-state index >= 15 is 0 Å². The summed E-state index contributed by atoms with van der Waals surface area (Å²) in [5.41, 5.74) is 8.52. The second kappa shape index (κ2) is 12.9. The number of nitrogens with one attached hydrogen (secondary N) is 1. The smallest absolute Gasteiger partial charge is 0.335 e. The fraction of sp³-hybridized carbons (Fsp3) is 0. The van der Waals surface area contributed by atoms with Crippen LogP contribution in [0.5, 0.6) is 0 Å². The highest BCUT2D eigenvalue weighted by Crippen LogP contribution is 2.38. The van der Waals surface area contributed by atoms with Gasteiger partial charge in [0.15, 0.2) is 0 Å². The van der Waals surface area contributed by atoms with E-state index in [9.17, 15) is 39.6 Å². The average molecular weight is 675 g/mol. The van der Waals surface area contributed by atoms with Gasteiger partial charge in [-0.05, 0) is 100 Å². The number of benzene rings is 6. The van der Waals surface area contributed by atoms with Crippen LogP contribution in [0.2, 0.25) is 0 Å². The number of carboxylic acid groups (broad SMARTS) is 4. The number of hydrogen-bond donors (Lipinski definition) is 5. The van der Waals surface area contributed by atoms with Crippen molar-refractivity contribution in [1.82, 2.24) is 9.97 Å². The van der Waals surface area contributed by atoms with Crippen LogP contribution in [0.1, 0.15) is 41.4 Å². The molecule has 0 saturated heterocycles. The van der Waals surface area contributed by atoms with Gasteiger partial charge in [-0.2, -0.15) is 0 Å². The number of imidazole rings is 1. The number of aromatic amines is 1. The van der Waals surface area contributed by atoms with Gasteiger partial charge in [0.2, 0.25) is 0 Å². The van der Waals surface area contributed by atoms with Crippen LogP contribution in [0.25, 0.3) is 66.9 Å². The first-order valence-electron chi connectivity index (χ1n) is 15.6. The molecule has 248 valence electrons. The largest absolute Gasteiger partial charge is 0.478 e. The first-order chi connectivity index (χ1) is 24.5. The van der Waals surface area contributed by atoms with Gasteiger partial charge in [0, 0.05) is 16.7 Å². The molecule has 1 heterocycles. The maximum absolute atomic E-state index is 11.5. The van der Waals surface area contributed by atoms with E-state index in [-0.39, 0.29) is 22.3 Å². The molecular weight excluding hydrogens is 648 g/mol. The van der Waals surface area contributed by atoms with E-state index < -0.39 is 23.9 Å². The van der Waals surface area contributed by atoms with Crippen molar-refractivity contribution in [1.29, 1.82) is 0 Å². The van der Waals surface area contributed by atoms with Crippen molar-refractivity contribution in [3.63, 3.8) is 0 Å². The number of carbonyl (C=O) groups is 4. The Morgan fingerprint density at radius 3 is 1.12 bits per heavy atom. The third-order valence-corrected chi connectivity index (χ3v) is 8.67. The number of fused-ring (bicyclic) bond motifs is 1. The van der Waals surface area contributed by atoms with E-state index in [0.29, 0.717) is 22.4 Å². The zero-order valence-corrected chi connectivity index (χ0v) is 26.5. The van der Waals surface area contributed by atoms with Crippen molar-refractivity contribution in [3.8, 4) is 55.9 Å². The van der Waals surface area contributed by atoms with Crippen molar-refractivity contribution < 1.29 is 39.6 Å². The Bertz CT molecular complexity index is 2330. The lowest BCUT2D eigenvalue weighted by atomic mass is 9.95. The minimum Gasteiger partial charge on any atom is -0.478 e. The quantitative estimate of drug-likeness (QED) is 0.100. The minimum atomic E-state index is -1.04. The van der Waals surface area contributed by atoms with Gasteiger partial charge in [0.25, 0.3) is 0 Å². The van der Waals surface area contributed by atoms with E-state index in [0.717, 1.165) is 44.5 Å². The molecule has 10 nitrogen and oxygen atoms in total. The van der Waals surface area contributed by atoms with Gasteiger partial charge in [-0.1, -0.05) is 60.7 Å². The zero-order chi connectivity index (χ0) is 35.8. The Kier molecular flexibility index (Phi) is 8.18. The van der Waals surface area contributed by atoms with Crippen LogP contribution in [0.4, 0.5) is 0 Å². The highest BCUT2D eigenvalue weighted by molar-refractivity contribution is 6.03. The normalized spacial score (nSPS) is 11.0. The SMILES string of the molecule is O=C(O)c1ccc(-c2cc(-c3ccc(C(=O)O)cc3)cc(-c3nc4c(-c5ccc(C(=O)O)cc5)ccc(-c5ccc(C(=O)O)cc5)c4[nH]3)c2)cc1. The molecule has 0 spiro atoms. The summed E-state index contributed by atoms with van der Waals surface area (Å²) in [5.74, 6) is -3.67. The molecule has 0 radical (unpaired) electrons. The summed E-state index contributed by atoms with van der Waals surface area (Å²) in [4.78, 5) is 54.7. The lowest BCUT2D eigenvalue weighted by molar-refractivity contribution is 0.0686. The van der Waals surface area contributed by atoms with Crippen molar-refractivity contribution in [2.24, 2.45) is 0 Å². The van der Waals surface area contributed by atoms with Gasteiger partial charge < -0.3 is 25.4 Å². The summed E-state index contributed by atoms with van der Waals surface area (Å²) in [7, 11) is 0. The Hall–Kier alpha value is -7.33. The summed E-state index contributed by atoms with van der Waals surface area (Å²) in [6.07, 6.45) is 0. The van der Waals surface area contributed by atoms with Crippen LogP contribution in [0.3, 0.4) is 0 Å². The van der Waals surface area contributed by atoms with Gasteiger partial charge in [0.05, 0.1) is 33.3 Å². The predicted molar refractivity (Wildman–Crippen MR) is 191 cm³/mol. The van der Waals surface area contributed by atoms with Gasteiger partial charge in [-0.15, -0.1) is 0 Å². The second-order valence-electron chi connectivity index (χ2n) is 11.8. The maximum atomic E-state index is 11.5. The maximum Gasteiger partial charge on any atom is 0.335 e. The van der Waals surface area contributed by atoms with Crippen molar-refractivity contribution in [2.45, 2.75) is 0 Å². The molecule has 5 N–H and O–H groups in total. The average Bonchev–Trinajstić information content (AvgIpc) is 3.60. The molecule has 0 atom stereocenters. The van der Waals surface area contributed by atoms with Crippen molar-refractivity contribution >= 4 is 34.9 Å². The summed E-state index contributed by atoms with van der Waals surface area (Å²) >= 11 is 0. The van der Waals surface area contributed by atoms with Gasteiger partial charge in [-0.3, -0.25) is 0 Å².